The third-order valence-corrected chi connectivity index (χ3v) is 5.59. The fourth-order valence-corrected chi connectivity index (χ4v) is 3.99. The van der Waals surface area contributed by atoms with Gasteiger partial charge in [-0.2, -0.15) is 0 Å². The molecule has 1 rings (SSSR count). The van der Waals surface area contributed by atoms with Crippen molar-refractivity contribution >= 4 is 10.0 Å². The molecule has 0 bridgehead atoms. The topological polar surface area (TPSA) is 58.2 Å². The molecule has 1 heterocycles. The first kappa shape index (κ1) is 18.9. The van der Waals surface area contributed by atoms with E-state index in [1.165, 1.54) is 32.1 Å². The lowest BCUT2D eigenvalue weighted by Gasteiger charge is -2.23. The minimum Gasteiger partial charge on any atom is -0.314 e. The van der Waals surface area contributed by atoms with Crippen LogP contribution in [-0.4, -0.2) is 33.3 Å². The van der Waals surface area contributed by atoms with Gasteiger partial charge in [0.1, 0.15) is 0 Å². The maximum Gasteiger partial charge on any atom is 0.211 e. The average molecular weight is 319 g/mol. The van der Waals surface area contributed by atoms with Crippen LogP contribution < -0.4 is 10.0 Å². The molecule has 0 amide bonds. The Kier molecular flexibility index (Phi) is 9.52. The zero-order valence-electron chi connectivity index (χ0n) is 13.9. The smallest absolute Gasteiger partial charge is 0.211 e. The summed E-state index contributed by atoms with van der Waals surface area (Å²) in [5, 5.41) is 3.40. The van der Waals surface area contributed by atoms with Crippen LogP contribution in [0.1, 0.15) is 71.6 Å². The Morgan fingerprint density at radius 2 is 1.90 bits per heavy atom. The van der Waals surface area contributed by atoms with Gasteiger partial charge in [-0.15, -0.1) is 0 Å². The molecule has 1 saturated heterocycles. The van der Waals surface area contributed by atoms with E-state index in [9.17, 15) is 8.42 Å². The molecule has 1 fully saturated rings. The molecule has 2 N–H and O–H groups in total. The number of unbranched alkanes of at least 4 members (excludes halogenated alkanes) is 3. The predicted octanol–water partition coefficient (Wildman–Crippen LogP) is 3.04. The first-order valence-electron chi connectivity index (χ1n) is 8.70. The highest BCUT2D eigenvalue weighted by Gasteiger charge is 2.16. The second-order valence-electron chi connectivity index (χ2n) is 6.75. The Morgan fingerprint density at radius 3 is 2.57 bits per heavy atom. The summed E-state index contributed by atoms with van der Waals surface area (Å²) in [5.41, 5.74) is 0. The molecule has 0 radical (unpaired) electrons. The fourth-order valence-electron chi connectivity index (χ4n) is 2.80. The van der Waals surface area contributed by atoms with Gasteiger partial charge in [-0.1, -0.05) is 46.0 Å². The van der Waals surface area contributed by atoms with Crippen molar-refractivity contribution in [3.05, 3.63) is 0 Å². The molecule has 126 valence electrons. The lowest BCUT2D eigenvalue weighted by Crippen LogP contribution is -2.37. The maximum absolute atomic E-state index is 11.9. The Balaban J connectivity index is 2.01. The molecule has 1 unspecified atom stereocenters. The van der Waals surface area contributed by atoms with Crippen molar-refractivity contribution in [1.82, 2.24) is 10.0 Å². The van der Waals surface area contributed by atoms with Crippen LogP contribution in [0.3, 0.4) is 0 Å². The summed E-state index contributed by atoms with van der Waals surface area (Å²) in [6.45, 7) is 6.13. The van der Waals surface area contributed by atoms with Gasteiger partial charge in [0, 0.05) is 12.6 Å². The minimum atomic E-state index is -3.08. The summed E-state index contributed by atoms with van der Waals surface area (Å²) in [4.78, 5) is 0. The van der Waals surface area contributed by atoms with Gasteiger partial charge in [-0.25, -0.2) is 13.1 Å². The maximum atomic E-state index is 11.9. The molecule has 0 aromatic rings. The highest BCUT2D eigenvalue weighted by molar-refractivity contribution is 7.89. The second kappa shape index (κ2) is 10.6. The SMILES string of the molecule is CC(C)CCCCCCNS(=O)(=O)CCC1CCCCN1. The van der Waals surface area contributed by atoms with Gasteiger partial charge in [0.15, 0.2) is 0 Å². The van der Waals surface area contributed by atoms with Gasteiger partial charge < -0.3 is 5.32 Å². The first-order valence-corrected chi connectivity index (χ1v) is 10.4. The van der Waals surface area contributed by atoms with Crippen LogP contribution in [0.15, 0.2) is 0 Å². The van der Waals surface area contributed by atoms with E-state index in [0.29, 0.717) is 12.6 Å². The van der Waals surface area contributed by atoms with E-state index < -0.39 is 10.0 Å². The van der Waals surface area contributed by atoms with E-state index >= 15 is 0 Å². The normalized spacial score (nSPS) is 20.0. The van der Waals surface area contributed by atoms with Gasteiger partial charge >= 0.3 is 0 Å². The molecule has 0 spiro atoms. The van der Waals surface area contributed by atoms with Gasteiger partial charge in [0.25, 0.3) is 0 Å². The Hall–Kier alpha value is -0.130. The van der Waals surface area contributed by atoms with Crippen molar-refractivity contribution in [2.75, 3.05) is 18.8 Å². The van der Waals surface area contributed by atoms with Crippen molar-refractivity contribution in [2.45, 2.75) is 77.7 Å². The minimum absolute atomic E-state index is 0.262. The molecule has 5 heteroatoms. The average Bonchev–Trinajstić information content (AvgIpc) is 2.45. The summed E-state index contributed by atoms with van der Waals surface area (Å²) in [6.07, 6.45) is 10.1. The van der Waals surface area contributed by atoms with E-state index in [0.717, 1.165) is 38.1 Å². The van der Waals surface area contributed by atoms with E-state index in [1.54, 1.807) is 0 Å². The molecule has 0 aromatic heterocycles. The van der Waals surface area contributed by atoms with E-state index in [-0.39, 0.29) is 5.75 Å². The van der Waals surface area contributed by atoms with Gasteiger partial charge in [-0.05, 0) is 38.1 Å². The standard InChI is InChI=1S/C16H34N2O2S/c1-15(2)9-5-3-4-7-13-18-21(19,20)14-11-16-10-6-8-12-17-16/h15-18H,3-14H2,1-2H3. The Bertz CT molecular complexity index is 349. The Morgan fingerprint density at radius 1 is 1.14 bits per heavy atom. The largest absolute Gasteiger partial charge is 0.314 e. The third kappa shape index (κ3) is 10.3. The van der Waals surface area contributed by atoms with Crippen LogP contribution in [0.5, 0.6) is 0 Å². The van der Waals surface area contributed by atoms with Crippen LogP contribution in [0.4, 0.5) is 0 Å². The van der Waals surface area contributed by atoms with Gasteiger partial charge in [0.05, 0.1) is 5.75 Å². The molecule has 0 saturated carbocycles. The number of nitrogens with one attached hydrogen (secondary N) is 2. The van der Waals surface area contributed by atoms with Crippen LogP contribution >= 0.6 is 0 Å². The number of hydrogen-bond acceptors (Lipinski definition) is 3. The molecular weight excluding hydrogens is 284 g/mol. The Labute approximate surface area is 131 Å². The summed E-state index contributed by atoms with van der Waals surface area (Å²) in [7, 11) is -3.08. The molecular formula is C16H34N2O2S. The fraction of sp³-hybridized carbons (Fsp3) is 1.00. The van der Waals surface area contributed by atoms with Crippen molar-refractivity contribution in [1.29, 1.82) is 0 Å². The summed E-state index contributed by atoms with van der Waals surface area (Å²) >= 11 is 0. The summed E-state index contributed by atoms with van der Waals surface area (Å²) in [6, 6.07) is 0.395. The summed E-state index contributed by atoms with van der Waals surface area (Å²) in [5.74, 6) is 1.04. The van der Waals surface area contributed by atoms with E-state index in [1.807, 2.05) is 0 Å². The van der Waals surface area contributed by atoms with Crippen molar-refractivity contribution in [3.8, 4) is 0 Å². The lowest BCUT2D eigenvalue weighted by atomic mass is 10.0. The number of rotatable bonds is 11. The number of hydrogen-bond donors (Lipinski definition) is 2. The van der Waals surface area contributed by atoms with Gasteiger partial charge in [0.2, 0.25) is 10.0 Å². The monoisotopic (exact) mass is 318 g/mol. The molecule has 1 atom stereocenters. The highest BCUT2D eigenvalue weighted by atomic mass is 32.2. The highest BCUT2D eigenvalue weighted by Crippen LogP contribution is 2.11. The van der Waals surface area contributed by atoms with Crippen LogP contribution in [0.25, 0.3) is 0 Å². The van der Waals surface area contributed by atoms with E-state index in [4.69, 9.17) is 0 Å². The molecule has 0 aliphatic carbocycles. The number of sulfonamides is 1. The lowest BCUT2D eigenvalue weighted by molar-refractivity contribution is 0.392. The zero-order chi connectivity index (χ0) is 15.6. The molecule has 0 aromatic carbocycles. The third-order valence-electron chi connectivity index (χ3n) is 4.18. The predicted molar refractivity (Wildman–Crippen MR) is 90.0 cm³/mol. The molecule has 1 aliphatic rings. The second-order valence-corrected chi connectivity index (χ2v) is 8.67. The van der Waals surface area contributed by atoms with Crippen LogP contribution in [-0.2, 0) is 10.0 Å². The quantitative estimate of drug-likeness (QED) is 0.576. The van der Waals surface area contributed by atoms with Gasteiger partial charge in [-0.3, -0.25) is 0 Å². The molecule has 1 aliphatic heterocycles. The van der Waals surface area contributed by atoms with E-state index in [2.05, 4.69) is 23.9 Å². The van der Waals surface area contributed by atoms with Crippen LogP contribution in [0, 0.1) is 5.92 Å². The van der Waals surface area contributed by atoms with Crippen molar-refractivity contribution in [2.24, 2.45) is 5.92 Å². The van der Waals surface area contributed by atoms with Crippen molar-refractivity contribution in [3.63, 3.8) is 0 Å². The summed E-state index contributed by atoms with van der Waals surface area (Å²) < 4.78 is 26.6. The number of piperidine rings is 1. The molecule has 21 heavy (non-hydrogen) atoms. The zero-order valence-corrected chi connectivity index (χ0v) is 14.7. The van der Waals surface area contributed by atoms with Crippen LogP contribution in [0.2, 0.25) is 0 Å². The van der Waals surface area contributed by atoms with Crippen molar-refractivity contribution < 1.29 is 8.42 Å². The molecule has 4 nitrogen and oxygen atoms in total. The first-order chi connectivity index (χ1) is 9.99.